The van der Waals surface area contributed by atoms with E-state index in [0.717, 1.165) is 12.1 Å². The van der Waals surface area contributed by atoms with Crippen molar-refractivity contribution in [3.05, 3.63) is 42.0 Å². The van der Waals surface area contributed by atoms with E-state index >= 15 is 0 Å². The van der Waals surface area contributed by atoms with E-state index in [1.165, 1.54) is 7.11 Å². The van der Waals surface area contributed by atoms with Gasteiger partial charge in [0.2, 0.25) is 0 Å². The Morgan fingerprint density at radius 2 is 1.90 bits per heavy atom. The van der Waals surface area contributed by atoms with Gasteiger partial charge >= 0.3 is 0 Å². The molecule has 0 atom stereocenters. The summed E-state index contributed by atoms with van der Waals surface area (Å²) >= 11 is 0. The molecule has 102 valence electrons. The third kappa shape index (κ3) is 1.95. The minimum Gasteiger partial charge on any atom is -0.496 e. The number of rotatable bonds is 2. The lowest BCUT2D eigenvalue weighted by Gasteiger charge is -2.06. The fourth-order valence-electron chi connectivity index (χ4n) is 2.04. The zero-order chi connectivity index (χ0) is 14.3. The van der Waals surface area contributed by atoms with Crippen LogP contribution >= 0.6 is 0 Å². The second-order valence-corrected chi connectivity index (χ2v) is 4.33. The Morgan fingerprint density at radius 3 is 2.65 bits per heavy atom. The van der Waals surface area contributed by atoms with Crippen LogP contribution < -0.4 is 10.5 Å². The van der Waals surface area contributed by atoms with Gasteiger partial charge in [0.05, 0.1) is 23.7 Å². The van der Waals surface area contributed by atoms with Crippen LogP contribution in [0.1, 0.15) is 0 Å². The van der Waals surface area contributed by atoms with Gasteiger partial charge in [-0.3, -0.25) is 0 Å². The molecule has 1 aromatic heterocycles. The van der Waals surface area contributed by atoms with Crippen LogP contribution in [0.15, 0.2) is 30.3 Å². The molecule has 0 spiro atoms. The smallest absolute Gasteiger partial charge is 0.161 e. The maximum atomic E-state index is 13.2. The predicted molar refractivity (Wildman–Crippen MR) is 72.4 cm³/mol. The third-order valence-electron chi connectivity index (χ3n) is 3.00. The second-order valence-electron chi connectivity index (χ2n) is 4.33. The first-order valence-electron chi connectivity index (χ1n) is 5.87. The van der Waals surface area contributed by atoms with Crippen molar-refractivity contribution in [1.82, 2.24) is 9.97 Å². The SMILES string of the molecule is COc1cc(N)ccc1-c1nc2cc(F)c(F)cc2[nH]1. The molecule has 3 aromatic rings. The lowest BCUT2D eigenvalue weighted by Crippen LogP contribution is -1.92. The van der Waals surface area contributed by atoms with Crippen molar-refractivity contribution in [3.8, 4) is 17.1 Å². The van der Waals surface area contributed by atoms with Gasteiger partial charge < -0.3 is 15.5 Å². The lowest BCUT2D eigenvalue weighted by atomic mass is 10.1. The van der Waals surface area contributed by atoms with Gasteiger partial charge in [0, 0.05) is 23.9 Å². The fraction of sp³-hybridized carbons (Fsp3) is 0.0714. The maximum absolute atomic E-state index is 13.2. The molecule has 3 rings (SSSR count). The van der Waals surface area contributed by atoms with Crippen molar-refractivity contribution >= 4 is 16.7 Å². The molecule has 0 saturated heterocycles. The van der Waals surface area contributed by atoms with E-state index in [1.54, 1.807) is 18.2 Å². The Kier molecular flexibility index (Phi) is 2.78. The number of nitrogens with zero attached hydrogens (tertiary/aromatic N) is 1. The molecule has 0 amide bonds. The van der Waals surface area contributed by atoms with Gasteiger partial charge in [-0.25, -0.2) is 13.8 Å². The summed E-state index contributed by atoms with van der Waals surface area (Å²) in [6, 6.07) is 7.22. The molecular weight excluding hydrogens is 264 g/mol. The number of nitrogens with one attached hydrogen (secondary N) is 1. The summed E-state index contributed by atoms with van der Waals surface area (Å²) in [5.41, 5.74) is 7.67. The summed E-state index contributed by atoms with van der Waals surface area (Å²) in [5.74, 6) is -0.858. The number of fused-ring (bicyclic) bond motifs is 1. The molecule has 3 N–H and O–H groups in total. The van der Waals surface area contributed by atoms with E-state index in [-0.39, 0.29) is 0 Å². The number of aromatic amines is 1. The Hall–Kier alpha value is -2.63. The summed E-state index contributed by atoms with van der Waals surface area (Å²) in [4.78, 5) is 7.18. The summed E-state index contributed by atoms with van der Waals surface area (Å²) in [5, 5.41) is 0. The standard InChI is InChI=1S/C14H11F2N3O/c1-20-13-4-7(17)2-3-8(13)14-18-11-5-9(15)10(16)6-12(11)19-14/h2-6H,17H2,1H3,(H,18,19). The van der Waals surface area contributed by atoms with Crippen molar-refractivity contribution in [2.24, 2.45) is 0 Å². The highest BCUT2D eigenvalue weighted by Gasteiger charge is 2.13. The van der Waals surface area contributed by atoms with E-state index in [2.05, 4.69) is 9.97 Å². The largest absolute Gasteiger partial charge is 0.496 e. The number of benzene rings is 2. The number of imidazole rings is 1. The normalized spacial score (nSPS) is 10.9. The summed E-state index contributed by atoms with van der Waals surface area (Å²) < 4.78 is 31.6. The molecule has 0 saturated carbocycles. The summed E-state index contributed by atoms with van der Waals surface area (Å²) in [6.45, 7) is 0. The minimum absolute atomic E-state index is 0.345. The Morgan fingerprint density at radius 1 is 1.15 bits per heavy atom. The van der Waals surface area contributed by atoms with E-state index in [4.69, 9.17) is 10.5 Å². The lowest BCUT2D eigenvalue weighted by molar-refractivity contribution is 0.416. The number of methoxy groups -OCH3 is 1. The van der Waals surface area contributed by atoms with Crippen LogP contribution in [0.25, 0.3) is 22.4 Å². The first kappa shape index (κ1) is 12.4. The molecule has 6 heteroatoms. The van der Waals surface area contributed by atoms with Crippen LogP contribution in [0.5, 0.6) is 5.75 Å². The summed E-state index contributed by atoms with van der Waals surface area (Å²) in [6.07, 6.45) is 0. The van der Waals surface area contributed by atoms with Gasteiger partial charge in [-0.05, 0) is 12.1 Å². The van der Waals surface area contributed by atoms with Crippen molar-refractivity contribution < 1.29 is 13.5 Å². The first-order chi connectivity index (χ1) is 9.58. The molecule has 0 radical (unpaired) electrons. The number of hydrogen-bond acceptors (Lipinski definition) is 3. The van der Waals surface area contributed by atoms with Crippen molar-refractivity contribution in [2.45, 2.75) is 0 Å². The number of nitrogens with two attached hydrogens (primary N) is 1. The van der Waals surface area contributed by atoms with Gasteiger partial charge in [-0.15, -0.1) is 0 Å². The van der Waals surface area contributed by atoms with Gasteiger partial charge in [0.15, 0.2) is 11.6 Å². The number of nitrogen functional groups attached to an aromatic ring is 1. The third-order valence-corrected chi connectivity index (χ3v) is 3.00. The number of anilines is 1. The van der Waals surface area contributed by atoms with Crippen LogP contribution in [-0.4, -0.2) is 17.1 Å². The maximum Gasteiger partial charge on any atom is 0.161 e. The molecule has 0 aliphatic heterocycles. The Balaban J connectivity index is 2.20. The monoisotopic (exact) mass is 275 g/mol. The topological polar surface area (TPSA) is 63.9 Å². The van der Waals surface area contributed by atoms with Gasteiger partial charge in [-0.1, -0.05) is 0 Å². The molecule has 0 unspecified atom stereocenters. The van der Waals surface area contributed by atoms with Crippen molar-refractivity contribution in [3.63, 3.8) is 0 Å². The molecule has 0 aliphatic carbocycles. The molecule has 0 bridgehead atoms. The molecule has 20 heavy (non-hydrogen) atoms. The molecule has 2 aromatic carbocycles. The number of aromatic nitrogens is 2. The zero-order valence-corrected chi connectivity index (χ0v) is 10.6. The first-order valence-corrected chi connectivity index (χ1v) is 5.87. The number of hydrogen-bond donors (Lipinski definition) is 2. The minimum atomic E-state index is -0.931. The Bertz CT molecular complexity index is 759. The molecule has 4 nitrogen and oxygen atoms in total. The molecule has 0 aliphatic rings. The highest BCUT2D eigenvalue weighted by molar-refractivity contribution is 5.81. The highest BCUT2D eigenvalue weighted by Crippen LogP contribution is 2.31. The van der Waals surface area contributed by atoms with Crippen molar-refractivity contribution in [1.29, 1.82) is 0 Å². The van der Waals surface area contributed by atoms with Gasteiger partial charge in [0.1, 0.15) is 11.6 Å². The zero-order valence-electron chi connectivity index (χ0n) is 10.6. The predicted octanol–water partition coefficient (Wildman–Crippen LogP) is 3.10. The van der Waals surface area contributed by atoms with Gasteiger partial charge in [-0.2, -0.15) is 0 Å². The van der Waals surface area contributed by atoms with Crippen LogP contribution in [0.4, 0.5) is 14.5 Å². The van der Waals surface area contributed by atoms with Crippen LogP contribution in [-0.2, 0) is 0 Å². The Labute approximate surface area is 113 Å². The fourth-order valence-corrected chi connectivity index (χ4v) is 2.04. The summed E-state index contributed by atoms with van der Waals surface area (Å²) in [7, 11) is 1.51. The highest BCUT2D eigenvalue weighted by atomic mass is 19.2. The number of halogens is 2. The average Bonchev–Trinajstić information content (AvgIpc) is 2.81. The number of H-pyrrole nitrogens is 1. The molecular formula is C14H11F2N3O. The quantitative estimate of drug-likeness (QED) is 0.706. The average molecular weight is 275 g/mol. The van der Waals surface area contributed by atoms with E-state index in [0.29, 0.717) is 33.9 Å². The molecule has 1 heterocycles. The van der Waals surface area contributed by atoms with Crippen LogP contribution in [0.2, 0.25) is 0 Å². The van der Waals surface area contributed by atoms with Crippen LogP contribution in [0, 0.1) is 11.6 Å². The second kappa shape index (κ2) is 4.48. The molecule has 0 fully saturated rings. The van der Waals surface area contributed by atoms with Crippen LogP contribution in [0.3, 0.4) is 0 Å². The van der Waals surface area contributed by atoms with E-state index in [9.17, 15) is 8.78 Å². The van der Waals surface area contributed by atoms with Crippen molar-refractivity contribution in [2.75, 3.05) is 12.8 Å². The van der Waals surface area contributed by atoms with E-state index < -0.39 is 11.6 Å². The van der Waals surface area contributed by atoms with Gasteiger partial charge in [0.25, 0.3) is 0 Å². The number of ether oxygens (including phenoxy) is 1. The van der Waals surface area contributed by atoms with E-state index in [1.807, 2.05) is 0 Å².